The first-order valence-electron chi connectivity index (χ1n) is 10.6. The van der Waals surface area contributed by atoms with E-state index in [1.165, 1.54) is 12.8 Å². The highest BCUT2D eigenvalue weighted by Gasteiger charge is 2.69. The van der Waals surface area contributed by atoms with Crippen molar-refractivity contribution < 1.29 is 19.3 Å². The van der Waals surface area contributed by atoms with Crippen molar-refractivity contribution in [3.05, 3.63) is 0 Å². The van der Waals surface area contributed by atoms with Crippen LogP contribution >= 0.6 is 0 Å². The van der Waals surface area contributed by atoms with Crippen LogP contribution in [0.25, 0.3) is 0 Å². The molecule has 0 unspecified atom stereocenters. The van der Waals surface area contributed by atoms with Crippen molar-refractivity contribution in [2.75, 3.05) is 13.2 Å². The molecule has 26 heavy (non-hydrogen) atoms. The van der Waals surface area contributed by atoms with Crippen molar-refractivity contribution in [3.8, 4) is 0 Å². The molecule has 0 aromatic heterocycles. The third-order valence-corrected chi connectivity index (χ3v) is 8.82. The molecule has 0 aromatic carbocycles. The molecule has 0 amide bonds. The van der Waals surface area contributed by atoms with E-state index in [0.29, 0.717) is 11.8 Å². The summed E-state index contributed by atoms with van der Waals surface area (Å²) in [5.74, 6) is 0.581. The van der Waals surface area contributed by atoms with Crippen molar-refractivity contribution in [2.45, 2.75) is 103 Å². The molecule has 4 heteroatoms. The van der Waals surface area contributed by atoms with Crippen LogP contribution in [0.4, 0.5) is 0 Å². The molecule has 150 valence electrons. The zero-order valence-corrected chi connectivity index (χ0v) is 17.6. The lowest BCUT2D eigenvalue weighted by molar-refractivity contribution is -0.358. The maximum absolute atomic E-state index is 9.94. The van der Waals surface area contributed by atoms with Gasteiger partial charge in [0.1, 0.15) is 0 Å². The third kappa shape index (κ3) is 2.41. The summed E-state index contributed by atoms with van der Waals surface area (Å²) in [7, 11) is 0. The van der Waals surface area contributed by atoms with Gasteiger partial charge in [-0.3, -0.25) is 0 Å². The predicted octanol–water partition coefficient (Wildman–Crippen LogP) is 4.29. The Kier molecular flexibility index (Phi) is 4.19. The second-order valence-corrected chi connectivity index (χ2v) is 10.9. The minimum absolute atomic E-state index is 0.0389. The molecular weight excluding hydrogens is 328 g/mol. The molecule has 4 aliphatic rings. The molecule has 0 bridgehead atoms. The van der Waals surface area contributed by atoms with Gasteiger partial charge < -0.3 is 19.3 Å². The Hall–Kier alpha value is -0.160. The lowest BCUT2D eigenvalue weighted by atomic mass is 9.43. The van der Waals surface area contributed by atoms with Crippen LogP contribution in [0, 0.1) is 22.7 Å². The maximum atomic E-state index is 9.94. The molecule has 0 radical (unpaired) electrons. The van der Waals surface area contributed by atoms with E-state index in [1.54, 1.807) is 0 Å². The van der Waals surface area contributed by atoms with E-state index in [-0.39, 0.29) is 29.1 Å². The first-order chi connectivity index (χ1) is 12.0. The molecule has 4 nitrogen and oxygen atoms in total. The Bertz CT molecular complexity index is 576. The molecule has 2 saturated carbocycles. The van der Waals surface area contributed by atoms with Gasteiger partial charge in [-0.15, -0.1) is 0 Å². The summed E-state index contributed by atoms with van der Waals surface area (Å²) in [5, 5.41) is 9.94. The summed E-state index contributed by atoms with van der Waals surface area (Å²) in [5.41, 5.74) is -0.374. The van der Waals surface area contributed by atoms with Gasteiger partial charge in [0, 0.05) is 10.8 Å². The van der Waals surface area contributed by atoms with E-state index >= 15 is 0 Å². The summed E-state index contributed by atoms with van der Waals surface area (Å²) in [6.07, 6.45) is 6.90. The number of aliphatic hydroxyl groups is 1. The lowest BCUT2D eigenvalue weighted by Gasteiger charge is -2.67. The maximum Gasteiger partial charge on any atom is 0.163 e. The van der Waals surface area contributed by atoms with Gasteiger partial charge >= 0.3 is 0 Å². The Morgan fingerprint density at radius 3 is 2.35 bits per heavy atom. The fourth-order valence-corrected chi connectivity index (χ4v) is 7.20. The first kappa shape index (κ1) is 19.2. The van der Waals surface area contributed by atoms with Crippen LogP contribution in [-0.2, 0) is 14.2 Å². The van der Waals surface area contributed by atoms with E-state index < -0.39 is 11.4 Å². The van der Waals surface area contributed by atoms with Gasteiger partial charge in [0.2, 0.25) is 0 Å². The average molecular weight is 367 g/mol. The number of rotatable bonds is 1. The van der Waals surface area contributed by atoms with Crippen molar-refractivity contribution in [1.82, 2.24) is 0 Å². The van der Waals surface area contributed by atoms with Gasteiger partial charge in [-0.05, 0) is 71.1 Å². The van der Waals surface area contributed by atoms with Crippen LogP contribution < -0.4 is 0 Å². The highest BCUT2D eigenvalue weighted by atomic mass is 16.7. The number of hydrogen-bond acceptors (Lipinski definition) is 4. The average Bonchev–Trinajstić information content (AvgIpc) is 2.94. The number of ether oxygens (including phenoxy) is 3. The molecule has 2 saturated heterocycles. The number of aliphatic hydroxyl groups excluding tert-OH is 1. The molecular formula is C22H38O4. The molecule has 4 fully saturated rings. The largest absolute Gasteiger partial charge is 0.393 e. The molecule has 1 spiro atoms. The summed E-state index contributed by atoms with van der Waals surface area (Å²) >= 11 is 0. The Labute approximate surface area is 159 Å². The third-order valence-electron chi connectivity index (χ3n) is 8.82. The van der Waals surface area contributed by atoms with E-state index in [9.17, 15) is 5.11 Å². The zero-order valence-electron chi connectivity index (χ0n) is 17.6. The number of fused-ring (bicyclic) bond motifs is 4. The summed E-state index contributed by atoms with van der Waals surface area (Å²) in [6, 6.07) is 0. The van der Waals surface area contributed by atoms with Crippen LogP contribution in [0.2, 0.25) is 0 Å². The fourth-order valence-electron chi connectivity index (χ4n) is 7.20. The second kappa shape index (κ2) is 5.68. The highest BCUT2D eigenvalue weighted by molar-refractivity contribution is 5.17. The van der Waals surface area contributed by atoms with Gasteiger partial charge in [-0.2, -0.15) is 0 Å². The fraction of sp³-hybridized carbons (Fsp3) is 1.00. The minimum atomic E-state index is -0.475. The summed E-state index contributed by atoms with van der Waals surface area (Å²) < 4.78 is 19.4. The van der Waals surface area contributed by atoms with Crippen molar-refractivity contribution in [2.24, 2.45) is 22.7 Å². The Balaban J connectivity index is 1.71. The number of hydrogen-bond donors (Lipinski definition) is 1. The van der Waals surface area contributed by atoms with Crippen molar-refractivity contribution in [3.63, 3.8) is 0 Å². The van der Waals surface area contributed by atoms with Crippen LogP contribution in [0.1, 0.15) is 80.1 Å². The highest BCUT2D eigenvalue weighted by Crippen LogP contribution is 2.68. The zero-order chi connectivity index (χ0) is 19.0. The van der Waals surface area contributed by atoms with Gasteiger partial charge in [-0.25, -0.2) is 0 Å². The van der Waals surface area contributed by atoms with E-state index in [0.717, 1.165) is 32.3 Å². The monoisotopic (exact) mass is 366 g/mol. The first-order valence-corrected chi connectivity index (χ1v) is 10.6. The van der Waals surface area contributed by atoms with Crippen molar-refractivity contribution in [1.29, 1.82) is 0 Å². The van der Waals surface area contributed by atoms with E-state index in [1.807, 2.05) is 13.8 Å². The van der Waals surface area contributed by atoms with Gasteiger partial charge in [0.15, 0.2) is 5.79 Å². The molecule has 2 aliphatic carbocycles. The molecule has 7 atom stereocenters. The lowest BCUT2D eigenvalue weighted by Crippen LogP contribution is -2.68. The molecule has 4 rings (SSSR count). The second-order valence-electron chi connectivity index (χ2n) is 10.9. The predicted molar refractivity (Wildman–Crippen MR) is 101 cm³/mol. The van der Waals surface area contributed by atoms with Crippen LogP contribution in [0.3, 0.4) is 0 Å². The molecule has 0 aromatic rings. The topological polar surface area (TPSA) is 47.9 Å². The smallest absolute Gasteiger partial charge is 0.163 e. The van der Waals surface area contributed by atoms with Gasteiger partial charge in [0.25, 0.3) is 0 Å². The van der Waals surface area contributed by atoms with E-state index in [2.05, 4.69) is 27.7 Å². The van der Waals surface area contributed by atoms with Gasteiger partial charge in [0.05, 0.1) is 30.5 Å². The standard InChI is InChI=1S/C22H38O4/c1-15-7-8-16-20(5)14-24-18(2,3)25-17(20)9-10-21(16,6)22(15)12-11-19(4,13-23)26-22/h15-17,23H,7-14H2,1-6H3/t15-,16-,17-,19+,20+,21+,22+/m1/s1. The van der Waals surface area contributed by atoms with Gasteiger partial charge in [-0.1, -0.05) is 20.8 Å². The summed E-state index contributed by atoms with van der Waals surface area (Å²) in [6.45, 7) is 14.3. The minimum Gasteiger partial charge on any atom is -0.393 e. The van der Waals surface area contributed by atoms with E-state index in [4.69, 9.17) is 14.2 Å². The van der Waals surface area contributed by atoms with Crippen molar-refractivity contribution >= 4 is 0 Å². The Morgan fingerprint density at radius 1 is 0.962 bits per heavy atom. The SMILES string of the molecule is C[C@@H]1CC[C@@H]2[C@]3(C)COC(C)(C)O[C@@H]3CC[C@]2(C)[C@]12CC[C@@](C)(CO)O2. The molecule has 1 N–H and O–H groups in total. The quantitative estimate of drug-likeness (QED) is 0.752. The summed E-state index contributed by atoms with van der Waals surface area (Å²) in [4.78, 5) is 0. The normalized spacial score (nSPS) is 56.2. The molecule has 2 heterocycles. The van der Waals surface area contributed by atoms with Crippen LogP contribution in [0.5, 0.6) is 0 Å². The Morgan fingerprint density at radius 2 is 1.69 bits per heavy atom. The van der Waals surface area contributed by atoms with Crippen LogP contribution in [-0.4, -0.2) is 41.4 Å². The molecule has 2 aliphatic heterocycles. The van der Waals surface area contributed by atoms with Crippen LogP contribution in [0.15, 0.2) is 0 Å².